The van der Waals surface area contributed by atoms with Crippen LogP contribution in [-0.4, -0.2) is 20.4 Å². The SMILES string of the molecule is O=C(CCn1cnc2ccccc21)Nc1ccc(Oc2ccc(Cl)cc2)nc1. The molecule has 0 aliphatic heterocycles. The second-order valence-electron chi connectivity index (χ2n) is 6.17. The molecule has 1 N–H and O–H groups in total. The number of ether oxygens (including phenoxy) is 1. The molecule has 28 heavy (non-hydrogen) atoms. The first-order valence-electron chi connectivity index (χ1n) is 8.76. The highest BCUT2D eigenvalue weighted by Gasteiger charge is 2.07. The van der Waals surface area contributed by atoms with E-state index in [-0.39, 0.29) is 5.91 Å². The summed E-state index contributed by atoms with van der Waals surface area (Å²) in [6, 6.07) is 18.3. The number of nitrogens with zero attached hydrogens (tertiary/aromatic N) is 3. The van der Waals surface area contributed by atoms with Crippen molar-refractivity contribution in [3.8, 4) is 11.6 Å². The molecule has 140 valence electrons. The Morgan fingerprint density at radius 1 is 1.04 bits per heavy atom. The summed E-state index contributed by atoms with van der Waals surface area (Å²) in [7, 11) is 0. The number of fused-ring (bicyclic) bond motifs is 1. The number of para-hydroxylation sites is 2. The van der Waals surface area contributed by atoms with Crippen LogP contribution in [0, 0.1) is 0 Å². The van der Waals surface area contributed by atoms with Gasteiger partial charge in [0.15, 0.2) is 0 Å². The Balaban J connectivity index is 1.32. The van der Waals surface area contributed by atoms with Gasteiger partial charge in [0.2, 0.25) is 11.8 Å². The highest BCUT2D eigenvalue weighted by molar-refractivity contribution is 6.30. The van der Waals surface area contributed by atoms with Crippen LogP contribution < -0.4 is 10.1 Å². The van der Waals surface area contributed by atoms with E-state index in [0.29, 0.717) is 35.3 Å². The quantitative estimate of drug-likeness (QED) is 0.506. The standard InChI is InChI=1S/C21H17ClN4O2/c22-15-5-8-17(9-6-15)28-21-10-7-16(13-23-21)25-20(27)11-12-26-14-24-18-3-1-2-4-19(18)26/h1-10,13-14H,11-12H2,(H,25,27). The number of anilines is 1. The van der Waals surface area contributed by atoms with Gasteiger partial charge in [0, 0.05) is 24.1 Å². The average Bonchev–Trinajstić information content (AvgIpc) is 3.13. The molecule has 0 aliphatic rings. The number of carbonyl (C=O) groups is 1. The van der Waals surface area contributed by atoms with Crippen LogP contribution in [0.2, 0.25) is 5.02 Å². The Hall–Kier alpha value is -3.38. The zero-order valence-corrected chi connectivity index (χ0v) is 15.6. The third kappa shape index (κ3) is 4.29. The van der Waals surface area contributed by atoms with Crippen LogP contribution in [0.5, 0.6) is 11.6 Å². The molecule has 0 unspecified atom stereocenters. The molecule has 4 rings (SSSR count). The largest absolute Gasteiger partial charge is 0.439 e. The highest BCUT2D eigenvalue weighted by atomic mass is 35.5. The maximum absolute atomic E-state index is 12.2. The van der Waals surface area contributed by atoms with E-state index in [9.17, 15) is 4.79 Å². The lowest BCUT2D eigenvalue weighted by Gasteiger charge is -2.08. The molecule has 4 aromatic rings. The summed E-state index contributed by atoms with van der Waals surface area (Å²) in [6.45, 7) is 0.553. The number of benzene rings is 2. The Morgan fingerprint density at radius 3 is 2.64 bits per heavy atom. The van der Waals surface area contributed by atoms with Gasteiger partial charge in [-0.3, -0.25) is 4.79 Å². The van der Waals surface area contributed by atoms with E-state index in [1.807, 2.05) is 28.8 Å². The van der Waals surface area contributed by atoms with E-state index in [4.69, 9.17) is 16.3 Å². The molecular weight excluding hydrogens is 376 g/mol. The summed E-state index contributed by atoms with van der Waals surface area (Å²) in [4.78, 5) is 20.8. The number of aryl methyl sites for hydroxylation is 1. The lowest BCUT2D eigenvalue weighted by Crippen LogP contribution is -2.14. The van der Waals surface area contributed by atoms with Crippen molar-refractivity contribution in [2.24, 2.45) is 0 Å². The zero-order valence-electron chi connectivity index (χ0n) is 14.9. The fourth-order valence-corrected chi connectivity index (χ4v) is 2.90. The molecule has 0 bridgehead atoms. The fourth-order valence-electron chi connectivity index (χ4n) is 2.77. The van der Waals surface area contributed by atoms with Gasteiger partial charge in [0.25, 0.3) is 0 Å². The van der Waals surface area contributed by atoms with Crippen molar-refractivity contribution >= 4 is 34.2 Å². The normalized spacial score (nSPS) is 10.8. The molecular formula is C21H17ClN4O2. The number of rotatable bonds is 6. The zero-order chi connectivity index (χ0) is 19.3. The number of hydrogen-bond donors (Lipinski definition) is 1. The van der Waals surface area contributed by atoms with Crippen LogP contribution in [0.4, 0.5) is 5.69 Å². The number of nitrogens with one attached hydrogen (secondary N) is 1. The summed E-state index contributed by atoms with van der Waals surface area (Å²) in [6.07, 6.45) is 3.65. The summed E-state index contributed by atoms with van der Waals surface area (Å²) in [5, 5.41) is 3.48. The maximum Gasteiger partial charge on any atom is 0.226 e. The number of hydrogen-bond acceptors (Lipinski definition) is 4. The molecule has 2 aromatic heterocycles. The first-order chi connectivity index (χ1) is 13.7. The Morgan fingerprint density at radius 2 is 1.86 bits per heavy atom. The van der Waals surface area contributed by atoms with E-state index in [1.165, 1.54) is 0 Å². The van der Waals surface area contributed by atoms with E-state index >= 15 is 0 Å². The molecule has 0 atom stereocenters. The van der Waals surface area contributed by atoms with Crippen LogP contribution in [0.15, 0.2) is 73.2 Å². The minimum atomic E-state index is -0.0917. The molecule has 0 saturated heterocycles. The molecule has 2 heterocycles. The van der Waals surface area contributed by atoms with Crippen molar-refractivity contribution < 1.29 is 9.53 Å². The maximum atomic E-state index is 12.2. The Bertz CT molecular complexity index is 1090. The van der Waals surface area contributed by atoms with Gasteiger partial charge >= 0.3 is 0 Å². The molecule has 0 fully saturated rings. The Labute approximate surface area is 166 Å². The molecule has 0 aliphatic carbocycles. The van der Waals surface area contributed by atoms with E-state index in [1.54, 1.807) is 48.9 Å². The molecule has 6 nitrogen and oxygen atoms in total. The van der Waals surface area contributed by atoms with Crippen molar-refractivity contribution in [1.29, 1.82) is 0 Å². The molecule has 1 amide bonds. The summed E-state index contributed by atoms with van der Waals surface area (Å²) < 4.78 is 7.61. The first-order valence-corrected chi connectivity index (χ1v) is 9.14. The third-order valence-corrected chi connectivity index (χ3v) is 4.42. The van der Waals surface area contributed by atoms with Crippen molar-refractivity contribution in [2.75, 3.05) is 5.32 Å². The minimum absolute atomic E-state index is 0.0917. The lowest BCUT2D eigenvalue weighted by atomic mass is 10.3. The van der Waals surface area contributed by atoms with Crippen LogP contribution in [0.1, 0.15) is 6.42 Å². The second-order valence-corrected chi connectivity index (χ2v) is 6.60. The van der Waals surface area contributed by atoms with Gasteiger partial charge in [-0.1, -0.05) is 23.7 Å². The van der Waals surface area contributed by atoms with Crippen LogP contribution in [-0.2, 0) is 11.3 Å². The van der Waals surface area contributed by atoms with Crippen LogP contribution in [0.25, 0.3) is 11.0 Å². The van der Waals surface area contributed by atoms with Gasteiger partial charge in [-0.15, -0.1) is 0 Å². The summed E-state index contributed by atoms with van der Waals surface area (Å²) in [5.41, 5.74) is 2.55. The van der Waals surface area contributed by atoms with Crippen LogP contribution >= 0.6 is 11.6 Å². The van der Waals surface area contributed by atoms with Gasteiger partial charge in [-0.2, -0.15) is 0 Å². The molecule has 0 saturated carbocycles. The number of imidazole rings is 1. The predicted molar refractivity (Wildman–Crippen MR) is 109 cm³/mol. The second kappa shape index (κ2) is 8.10. The smallest absolute Gasteiger partial charge is 0.226 e. The van der Waals surface area contributed by atoms with Gasteiger partial charge in [-0.25, -0.2) is 9.97 Å². The van der Waals surface area contributed by atoms with Crippen LogP contribution in [0.3, 0.4) is 0 Å². The Kier molecular flexibility index (Phi) is 5.21. The lowest BCUT2D eigenvalue weighted by molar-refractivity contribution is -0.116. The van der Waals surface area contributed by atoms with Gasteiger partial charge in [-0.05, 0) is 42.5 Å². The monoisotopic (exact) mass is 392 g/mol. The van der Waals surface area contributed by atoms with Crippen molar-refractivity contribution in [2.45, 2.75) is 13.0 Å². The third-order valence-electron chi connectivity index (χ3n) is 4.16. The van der Waals surface area contributed by atoms with Crippen molar-refractivity contribution in [3.05, 3.63) is 78.2 Å². The number of halogens is 1. The topological polar surface area (TPSA) is 69.0 Å². The van der Waals surface area contributed by atoms with Crippen molar-refractivity contribution in [3.63, 3.8) is 0 Å². The van der Waals surface area contributed by atoms with Gasteiger partial charge in [0.1, 0.15) is 5.75 Å². The number of aromatic nitrogens is 3. The summed E-state index contributed by atoms with van der Waals surface area (Å²) >= 11 is 5.85. The number of carbonyl (C=O) groups excluding carboxylic acids is 1. The van der Waals surface area contributed by atoms with E-state index < -0.39 is 0 Å². The van der Waals surface area contributed by atoms with Gasteiger partial charge < -0.3 is 14.6 Å². The average molecular weight is 393 g/mol. The van der Waals surface area contributed by atoms with E-state index in [0.717, 1.165) is 11.0 Å². The van der Waals surface area contributed by atoms with E-state index in [2.05, 4.69) is 15.3 Å². The molecule has 2 aromatic carbocycles. The minimum Gasteiger partial charge on any atom is -0.439 e. The first kappa shape index (κ1) is 18.0. The number of amides is 1. The summed E-state index contributed by atoms with van der Waals surface area (Å²) in [5.74, 6) is 0.984. The molecule has 0 spiro atoms. The number of pyridine rings is 1. The van der Waals surface area contributed by atoms with Gasteiger partial charge in [0.05, 0.1) is 29.2 Å². The molecule has 7 heteroatoms. The highest BCUT2D eigenvalue weighted by Crippen LogP contribution is 2.22. The predicted octanol–water partition coefficient (Wildman–Crippen LogP) is 4.91. The molecule has 0 radical (unpaired) electrons. The van der Waals surface area contributed by atoms with Crippen molar-refractivity contribution in [1.82, 2.24) is 14.5 Å². The fraction of sp³-hybridized carbons (Fsp3) is 0.0952.